The first-order valence-electron chi connectivity index (χ1n) is 5.88. The molecule has 90 valence electrons. The van der Waals surface area contributed by atoms with Crippen molar-refractivity contribution in [2.24, 2.45) is 0 Å². The zero-order valence-electron chi connectivity index (χ0n) is 9.68. The number of rotatable bonds is 1. The molecule has 0 radical (unpaired) electrons. The molecule has 0 bridgehead atoms. The first-order valence-corrected chi connectivity index (χ1v) is 6.29. The smallest absolute Gasteiger partial charge is 0.227 e. The first-order chi connectivity index (χ1) is 8.75. The molecular formula is C14H11NO2S. The fourth-order valence-corrected chi connectivity index (χ4v) is 2.46. The Bertz CT molecular complexity index is 661. The lowest BCUT2D eigenvalue weighted by molar-refractivity contribution is 0.0965. The second-order valence-electron chi connectivity index (χ2n) is 4.27. The second kappa shape index (κ2) is 4.46. The van der Waals surface area contributed by atoms with Gasteiger partial charge in [-0.25, -0.2) is 4.98 Å². The average Bonchev–Trinajstić information content (AvgIpc) is 2.39. The number of aromatic nitrogens is 1. The van der Waals surface area contributed by atoms with Crippen molar-refractivity contribution in [3.05, 3.63) is 46.3 Å². The van der Waals surface area contributed by atoms with E-state index >= 15 is 0 Å². The van der Waals surface area contributed by atoms with Crippen molar-refractivity contribution in [3.8, 4) is 11.5 Å². The largest absolute Gasteiger partial charge is 0.442 e. The number of hydrogen-bond donors (Lipinski definition) is 0. The maximum atomic E-state index is 11.8. The standard InChI is InChI=1S/C14H11NO2S/c16-10-7-4-8-11-12(10)14(18)15-13(17-11)9-5-2-1-3-6-9/h1-3,5-6H,4,7-8H2. The lowest BCUT2D eigenvalue weighted by Crippen LogP contribution is -2.12. The lowest BCUT2D eigenvalue weighted by atomic mass is 9.97. The van der Waals surface area contributed by atoms with Gasteiger partial charge in [-0.2, -0.15) is 0 Å². The maximum Gasteiger partial charge on any atom is 0.227 e. The minimum Gasteiger partial charge on any atom is -0.442 e. The summed E-state index contributed by atoms with van der Waals surface area (Å²) in [6.45, 7) is 0. The van der Waals surface area contributed by atoms with Crippen LogP contribution in [0.3, 0.4) is 0 Å². The van der Waals surface area contributed by atoms with Crippen molar-refractivity contribution >= 4 is 18.0 Å². The highest BCUT2D eigenvalue weighted by Crippen LogP contribution is 2.26. The summed E-state index contributed by atoms with van der Waals surface area (Å²) in [6.07, 6.45) is 2.12. The summed E-state index contributed by atoms with van der Waals surface area (Å²) in [7, 11) is 0. The highest BCUT2D eigenvalue weighted by molar-refractivity contribution is 7.71. The first kappa shape index (κ1) is 11.3. The van der Waals surface area contributed by atoms with Crippen molar-refractivity contribution in [2.75, 3.05) is 0 Å². The molecular weight excluding hydrogens is 246 g/mol. The molecule has 0 spiro atoms. The number of nitrogens with zero attached hydrogens (tertiary/aromatic N) is 1. The number of hydrogen-bond acceptors (Lipinski definition) is 4. The Kier molecular flexibility index (Phi) is 2.80. The van der Waals surface area contributed by atoms with Gasteiger partial charge >= 0.3 is 0 Å². The Morgan fingerprint density at radius 1 is 1.17 bits per heavy atom. The number of ketones is 1. The molecule has 0 saturated heterocycles. The van der Waals surface area contributed by atoms with E-state index < -0.39 is 0 Å². The number of carbonyl (C=O) groups is 1. The van der Waals surface area contributed by atoms with Crippen LogP contribution in [0.2, 0.25) is 0 Å². The van der Waals surface area contributed by atoms with Gasteiger partial charge in [-0.15, -0.1) is 0 Å². The van der Waals surface area contributed by atoms with Crippen LogP contribution >= 0.6 is 12.2 Å². The van der Waals surface area contributed by atoms with E-state index in [1.54, 1.807) is 0 Å². The van der Waals surface area contributed by atoms with Crippen molar-refractivity contribution in [1.82, 2.24) is 4.98 Å². The Hall–Kier alpha value is -1.81. The van der Waals surface area contributed by atoms with Gasteiger partial charge in [-0.1, -0.05) is 30.4 Å². The summed E-state index contributed by atoms with van der Waals surface area (Å²) in [5.41, 5.74) is 1.39. The zero-order valence-corrected chi connectivity index (χ0v) is 10.5. The molecule has 3 rings (SSSR count). The molecule has 1 aliphatic rings. The molecule has 18 heavy (non-hydrogen) atoms. The van der Waals surface area contributed by atoms with Crippen LogP contribution in [0.15, 0.2) is 34.7 Å². The molecule has 1 aliphatic carbocycles. The van der Waals surface area contributed by atoms with Gasteiger partial charge in [0.05, 0.1) is 5.56 Å². The van der Waals surface area contributed by atoms with E-state index in [1.165, 1.54) is 0 Å². The highest BCUT2D eigenvalue weighted by Gasteiger charge is 2.22. The van der Waals surface area contributed by atoms with Crippen LogP contribution in [0.4, 0.5) is 0 Å². The van der Waals surface area contributed by atoms with Gasteiger partial charge in [-0.05, 0) is 18.6 Å². The fraction of sp³-hybridized carbons (Fsp3) is 0.214. The Morgan fingerprint density at radius 3 is 2.72 bits per heavy atom. The molecule has 3 nitrogen and oxygen atoms in total. The molecule has 0 unspecified atom stereocenters. The summed E-state index contributed by atoms with van der Waals surface area (Å²) in [6, 6.07) is 9.59. The van der Waals surface area contributed by atoms with Crippen molar-refractivity contribution in [1.29, 1.82) is 0 Å². The van der Waals surface area contributed by atoms with Crippen molar-refractivity contribution < 1.29 is 9.21 Å². The van der Waals surface area contributed by atoms with Crippen molar-refractivity contribution in [3.63, 3.8) is 0 Å². The van der Waals surface area contributed by atoms with E-state index in [9.17, 15) is 4.79 Å². The summed E-state index contributed by atoms with van der Waals surface area (Å²) < 4.78 is 6.10. The molecule has 2 aromatic rings. The monoisotopic (exact) mass is 257 g/mol. The van der Waals surface area contributed by atoms with Gasteiger partial charge < -0.3 is 4.42 Å². The van der Waals surface area contributed by atoms with Crippen LogP contribution in [0, 0.1) is 4.64 Å². The minimum atomic E-state index is 0.0529. The van der Waals surface area contributed by atoms with Gasteiger partial charge in [0.25, 0.3) is 0 Å². The topological polar surface area (TPSA) is 43.1 Å². The Labute approximate surface area is 109 Å². The molecule has 0 saturated carbocycles. The number of aryl methyl sites for hydroxylation is 1. The summed E-state index contributed by atoms with van der Waals surface area (Å²) in [5, 5.41) is 0. The van der Waals surface area contributed by atoms with E-state index in [4.69, 9.17) is 16.6 Å². The normalized spacial score (nSPS) is 14.3. The van der Waals surface area contributed by atoms with E-state index in [0.717, 1.165) is 18.4 Å². The fourth-order valence-electron chi connectivity index (χ4n) is 2.15. The third-order valence-corrected chi connectivity index (χ3v) is 3.32. The van der Waals surface area contributed by atoms with Gasteiger partial charge in [0.15, 0.2) is 5.78 Å². The molecule has 4 heteroatoms. The number of carbonyl (C=O) groups excluding carboxylic acids is 1. The summed E-state index contributed by atoms with van der Waals surface area (Å²) in [5.74, 6) is 1.23. The molecule has 1 aromatic carbocycles. The maximum absolute atomic E-state index is 11.8. The predicted molar refractivity (Wildman–Crippen MR) is 70.0 cm³/mol. The van der Waals surface area contributed by atoms with E-state index in [2.05, 4.69) is 4.98 Å². The second-order valence-corrected chi connectivity index (χ2v) is 4.65. The molecule has 0 atom stereocenters. The number of Topliss-reactive ketones (excluding diaryl/α,β-unsaturated/α-hetero) is 1. The number of benzene rings is 1. The lowest BCUT2D eigenvalue weighted by Gasteiger charge is -2.13. The average molecular weight is 257 g/mol. The van der Waals surface area contributed by atoms with Gasteiger partial charge in [-0.3, -0.25) is 4.79 Å². The molecule has 0 fully saturated rings. The summed E-state index contributed by atoms with van der Waals surface area (Å²) in [4.78, 5) is 16.0. The third kappa shape index (κ3) is 1.88. The number of fused-ring (bicyclic) bond motifs is 1. The zero-order chi connectivity index (χ0) is 12.5. The highest BCUT2D eigenvalue weighted by atomic mass is 32.1. The Morgan fingerprint density at radius 2 is 1.94 bits per heavy atom. The minimum absolute atomic E-state index is 0.0529. The van der Waals surface area contributed by atoms with E-state index in [-0.39, 0.29) is 5.78 Å². The quantitative estimate of drug-likeness (QED) is 0.732. The van der Waals surface area contributed by atoms with Gasteiger partial charge in [0.2, 0.25) is 5.89 Å². The van der Waals surface area contributed by atoms with Crippen LogP contribution in [0.1, 0.15) is 29.0 Å². The van der Waals surface area contributed by atoms with Crippen LogP contribution < -0.4 is 0 Å². The van der Waals surface area contributed by atoms with Crippen LogP contribution in [-0.2, 0) is 6.42 Å². The molecule has 1 heterocycles. The molecule has 0 aliphatic heterocycles. The van der Waals surface area contributed by atoms with Crippen LogP contribution in [0.25, 0.3) is 11.5 Å². The predicted octanol–water partition coefficient (Wildman–Crippen LogP) is 3.59. The van der Waals surface area contributed by atoms with E-state index in [1.807, 2.05) is 30.3 Å². The van der Waals surface area contributed by atoms with Gasteiger partial charge in [0, 0.05) is 18.4 Å². The molecule has 0 amide bonds. The Balaban J connectivity index is 2.18. The van der Waals surface area contributed by atoms with Gasteiger partial charge in [0.1, 0.15) is 10.4 Å². The van der Waals surface area contributed by atoms with Crippen LogP contribution in [0.5, 0.6) is 0 Å². The van der Waals surface area contributed by atoms with E-state index in [0.29, 0.717) is 28.3 Å². The van der Waals surface area contributed by atoms with Crippen molar-refractivity contribution in [2.45, 2.75) is 19.3 Å². The van der Waals surface area contributed by atoms with Crippen LogP contribution in [-0.4, -0.2) is 10.8 Å². The molecule has 0 N–H and O–H groups in total. The summed E-state index contributed by atoms with van der Waals surface area (Å²) >= 11 is 5.21. The molecule has 1 aromatic heterocycles. The third-order valence-electron chi connectivity index (χ3n) is 3.02. The SMILES string of the molecule is O=C1CCCc2oc(-c3ccccc3)nc(=S)c21.